The minimum Gasteiger partial charge on any atom is -0.481 e. The van der Waals surface area contributed by atoms with E-state index in [1.807, 2.05) is 26.2 Å². The topological polar surface area (TPSA) is 216 Å². The molecular formula is C19H30N4O10S. The summed E-state index contributed by atoms with van der Waals surface area (Å²) >= 11 is 1.72. The van der Waals surface area contributed by atoms with Crippen molar-refractivity contribution in [2.75, 3.05) is 33.4 Å². The third kappa shape index (κ3) is 11.5. The standard InChI is InChI=1S/C13H22N4O3S.C6H8O7/c1-14-13(9-17(18)19)15-6-7-21-10-12-5-4-11(20-12)8-16(2)3;1-6(13,5(11)12)2(3(7)8)4(9)10/h4-5,9,14-15H,6-8,10H2,1-3H3;2,13H,1H3,(H,7,8)(H,9,10)(H,11,12). The zero-order valence-electron chi connectivity index (χ0n) is 19.2. The van der Waals surface area contributed by atoms with Gasteiger partial charge < -0.3 is 40.4 Å². The Bertz CT molecular complexity index is 855. The van der Waals surface area contributed by atoms with Gasteiger partial charge in [0.1, 0.15) is 11.5 Å². The molecule has 15 heteroatoms. The molecule has 0 aliphatic heterocycles. The largest absolute Gasteiger partial charge is 0.481 e. The van der Waals surface area contributed by atoms with E-state index >= 15 is 0 Å². The first-order valence-corrected chi connectivity index (χ1v) is 10.9. The van der Waals surface area contributed by atoms with Crippen molar-refractivity contribution >= 4 is 29.7 Å². The molecule has 14 nitrogen and oxygen atoms in total. The van der Waals surface area contributed by atoms with Crippen LogP contribution in [-0.4, -0.2) is 87.2 Å². The van der Waals surface area contributed by atoms with Gasteiger partial charge in [0.15, 0.2) is 17.3 Å². The van der Waals surface area contributed by atoms with Gasteiger partial charge in [-0.2, -0.15) is 11.8 Å². The summed E-state index contributed by atoms with van der Waals surface area (Å²) in [7, 11) is 5.64. The molecule has 1 aromatic heterocycles. The van der Waals surface area contributed by atoms with Crippen LogP contribution >= 0.6 is 11.8 Å². The molecule has 1 atom stereocenters. The number of nitro groups is 1. The predicted molar refractivity (Wildman–Crippen MR) is 121 cm³/mol. The van der Waals surface area contributed by atoms with Crippen molar-refractivity contribution in [3.8, 4) is 0 Å². The van der Waals surface area contributed by atoms with E-state index in [9.17, 15) is 24.5 Å². The van der Waals surface area contributed by atoms with Gasteiger partial charge in [-0.25, -0.2) is 4.79 Å². The van der Waals surface area contributed by atoms with Crippen LogP contribution in [-0.2, 0) is 26.7 Å². The fourth-order valence-electron chi connectivity index (χ4n) is 2.34. The highest BCUT2D eigenvalue weighted by atomic mass is 32.2. The molecule has 1 heterocycles. The van der Waals surface area contributed by atoms with Crippen LogP contribution in [0.3, 0.4) is 0 Å². The quantitative estimate of drug-likeness (QED) is 0.0852. The molecule has 192 valence electrons. The molecule has 0 amide bonds. The second-order valence-electron chi connectivity index (χ2n) is 7.23. The third-order valence-corrected chi connectivity index (χ3v) is 4.97. The van der Waals surface area contributed by atoms with Crippen molar-refractivity contribution in [1.29, 1.82) is 0 Å². The smallest absolute Gasteiger partial charge is 0.336 e. The molecule has 0 fully saturated rings. The number of nitrogens with one attached hydrogen (secondary N) is 2. The normalized spacial score (nSPS) is 13.0. The van der Waals surface area contributed by atoms with Gasteiger partial charge in [-0.05, 0) is 33.2 Å². The lowest BCUT2D eigenvalue weighted by Crippen LogP contribution is -2.50. The first-order valence-electron chi connectivity index (χ1n) is 9.70. The lowest BCUT2D eigenvalue weighted by molar-refractivity contribution is -0.404. The van der Waals surface area contributed by atoms with Gasteiger partial charge in [-0.3, -0.25) is 19.7 Å². The molecule has 1 rings (SSSR count). The number of furan rings is 1. The van der Waals surface area contributed by atoms with Gasteiger partial charge in [0.25, 0.3) is 6.20 Å². The molecule has 1 aromatic rings. The molecule has 1 unspecified atom stereocenters. The second-order valence-corrected chi connectivity index (χ2v) is 8.33. The van der Waals surface area contributed by atoms with E-state index in [0.717, 1.165) is 35.8 Å². The Balaban J connectivity index is 0.000000722. The summed E-state index contributed by atoms with van der Waals surface area (Å²) in [6, 6.07) is 3.98. The number of carboxylic acid groups (broad SMARTS) is 3. The number of hydrogen-bond donors (Lipinski definition) is 6. The summed E-state index contributed by atoms with van der Waals surface area (Å²) in [5.74, 6) is -4.14. The Morgan fingerprint density at radius 1 is 1.24 bits per heavy atom. The molecule has 0 saturated heterocycles. The van der Waals surface area contributed by atoms with Gasteiger partial charge in [0.2, 0.25) is 0 Å². The number of nitrogens with zero attached hydrogens (tertiary/aromatic N) is 2. The van der Waals surface area contributed by atoms with Crippen LogP contribution in [0.2, 0.25) is 0 Å². The highest BCUT2D eigenvalue weighted by Crippen LogP contribution is 2.18. The van der Waals surface area contributed by atoms with E-state index in [4.69, 9.17) is 24.8 Å². The van der Waals surface area contributed by atoms with Gasteiger partial charge >= 0.3 is 17.9 Å². The lowest BCUT2D eigenvalue weighted by Gasteiger charge is -2.21. The SMILES string of the molecule is CC(O)(C(=O)O)C(C(=O)O)C(=O)O.CNC(=C[N+](=O)[O-])NCCSCc1ccc(CN(C)C)o1. The van der Waals surface area contributed by atoms with E-state index in [1.54, 1.807) is 18.8 Å². The van der Waals surface area contributed by atoms with Gasteiger partial charge in [0, 0.05) is 19.3 Å². The van der Waals surface area contributed by atoms with Crippen molar-refractivity contribution in [2.24, 2.45) is 5.92 Å². The van der Waals surface area contributed by atoms with Crippen molar-refractivity contribution in [3.05, 3.63) is 45.8 Å². The van der Waals surface area contributed by atoms with Crippen LogP contribution in [0.5, 0.6) is 0 Å². The Kier molecular flexibility index (Phi) is 13.3. The van der Waals surface area contributed by atoms with Gasteiger partial charge in [-0.15, -0.1) is 0 Å². The summed E-state index contributed by atoms with van der Waals surface area (Å²) in [4.78, 5) is 42.8. The van der Waals surface area contributed by atoms with Crippen LogP contribution in [0.15, 0.2) is 28.6 Å². The third-order valence-electron chi connectivity index (χ3n) is 3.99. The van der Waals surface area contributed by atoms with Crippen molar-refractivity contribution in [3.63, 3.8) is 0 Å². The first kappa shape index (κ1) is 30.7. The van der Waals surface area contributed by atoms with E-state index in [-0.39, 0.29) is 0 Å². The fraction of sp³-hybridized carbons (Fsp3) is 0.526. The summed E-state index contributed by atoms with van der Waals surface area (Å²) in [6.07, 6.45) is 0.921. The maximum absolute atomic E-state index is 10.3. The van der Waals surface area contributed by atoms with E-state index < -0.39 is 34.4 Å². The van der Waals surface area contributed by atoms with Crippen LogP contribution in [0, 0.1) is 16.0 Å². The average Bonchev–Trinajstić information content (AvgIpc) is 3.12. The molecular weight excluding hydrogens is 476 g/mol. The molecule has 0 aromatic carbocycles. The lowest BCUT2D eigenvalue weighted by atomic mass is 9.89. The highest BCUT2D eigenvalue weighted by Gasteiger charge is 2.49. The van der Waals surface area contributed by atoms with Gasteiger partial charge in [-0.1, -0.05) is 0 Å². The minimum atomic E-state index is -2.82. The number of hydrogen-bond acceptors (Lipinski definition) is 11. The molecule has 0 bridgehead atoms. The summed E-state index contributed by atoms with van der Waals surface area (Å²) in [5.41, 5.74) is -2.82. The molecule has 0 radical (unpaired) electrons. The summed E-state index contributed by atoms with van der Waals surface area (Å²) in [5, 5.41) is 50.1. The molecule has 0 spiro atoms. The molecule has 0 aliphatic carbocycles. The maximum Gasteiger partial charge on any atom is 0.336 e. The second kappa shape index (κ2) is 14.8. The summed E-state index contributed by atoms with van der Waals surface area (Å²) in [6.45, 7) is 2.06. The number of carboxylic acids is 3. The fourth-order valence-corrected chi connectivity index (χ4v) is 3.09. The Labute approximate surface area is 199 Å². The van der Waals surface area contributed by atoms with Crippen molar-refractivity contribution in [2.45, 2.75) is 24.8 Å². The van der Waals surface area contributed by atoms with E-state index in [0.29, 0.717) is 19.3 Å². The predicted octanol–water partition coefficient (Wildman–Crippen LogP) is 0.0664. The van der Waals surface area contributed by atoms with Crippen LogP contribution in [0.4, 0.5) is 0 Å². The van der Waals surface area contributed by atoms with Crippen molar-refractivity contribution < 1.29 is 44.2 Å². The van der Waals surface area contributed by atoms with Crippen LogP contribution in [0.25, 0.3) is 0 Å². The number of thioether (sulfide) groups is 1. The Hall–Kier alpha value is -3.30. The molecule has 34 heavy (non-hydrogen) atoms. The molecule has 6 N–H and O–H groups in total. The van der Waals surface area contributed by atoms with E-state index in [2.05, 4.69) is 15.5 Å². The monoisotopic (exact) mass is 506 g/mol. The van der Waals surface area contributed by atoms with E-state index in [1.165, 1.54) is 0 Å². The highest BCUT2D eigenvalue weighted by molar-refractivity contribution is 7.98. The number of aliphatic hydroxyl groups is 1. The zero-order chi connectivity index (χ0) is 26.5. The molecule has 0 saturated carbocycles. The van der Waals surface area contributed by atoms with Crippen LogP contribution < -0.4 is 10.6 Å². The Morgan fingerprint density at radius 3 is 2.21 bits per heavy atom. The van der Waals surface area contributed by atoms with Crippen molar-refractivity contribution in [1.82, 2.24) is 15.5 Å². The van der Waals surface area contributed by atoms with Crippen LogP contribution in [0.1, 0.15) is 18.4 Å². The molecule has 0 aliphatic rings. The number of rotatable bonds is 14. The summed E-state index contributed by atoms with van der Waals surface area (Å²) < 4.78 is 5.70. The number of aliphatic carboxylic acids is 3. The Morgan fingerprint density at radius 2 is 1.79 bits per heavy atom. The zero-order valence-corrected chi connectivity index (χ0v) is 20.0. The number of carbonyl (C=O) groups is 3. The average molecular weight is 507 g/mol. The maximum atomic E-state index is 10.3. The van der Waals surface area contributed by atoms with Gasteiger partial charge in [0.05, 0.1) is 17.2 Å². The minimum absolute atomic E-state index is 0.409. The first-order chi connectivity index (χ1) is 15.7.